The topological polar surface area (TPSA) is 48.1 Å². The van der Waals surface area contributed by atoms with Gasteiger partial charge in [-0.2, -0.15) is 0 Å². The molecule has 2 atom stereocenters. The highest BCUT2D eigenvalue weighted by atomic mass is 16.7. The van der Waals surface area contributed by atoms with E-state index in [2.05, 4.69) is 0 Å². The number of carbonyl (C=O) groups is 1. The Morgan fingerprint density at radius 3 is 2.47 bits per heavy atom. The molecule has 1 aliphatic heterocycles. The van der Waals surface area contributed by atoms with E-state index >= 15 is 0 Å². The Balaban J connectivity index is 2.14. The highest BCUT2D eigenvalue weighted by Crippen LogP contribution is 2.49. The van der Waals surface area contributed by atoms with E-state index < -0.39 is 11.7 Å². The number of ether oxygens (including phenoxy) is 3. The second-order valence-corrected chi connectivity index (χ2v) is 4.96. The van der Waals surface area contributed by atoms with Crippen molar-refractivity contribution >= 4 is 5.97 Å². The molecule has 19 heavy (non-hydrogen) atoms. The average Bonchev–Trinajstić information content (AvgIpc) is 3.14. The van der Waals surface area contributed by atoms with E-state index in [4.69, 9.17) is 14.2 Å². The molecule has 0 amide bonds. The molecule has 0 N–H and O–H groups in total. The zero-order chi connectivity index (χ0) is 14.0. The van der Waals surface area contributed by atoms with Gasteiger partial charge in [0.15, 0.2) is 6.10 Å². The summed E-state index contributed by atoms with van der Waals surface area (Å²) in [7, 11) is 1.63. The molecule has 1 aliphatic rings. The molecular formula is C15H20O4. The van der Waals surface area contributed by atoms with Gasteiger partial charge < -0.3 is 14.2 Å². The number of methoxy groups -OCH3 is 1. The molecule has 0 saturated carbocycles. The summed E-state index contributed by atoms with van der Waals surface area (Å²) in [5.74, 6) is 0.504. The first-order valence-corrected chi connectivity index (χ1v) is 6.56. The van der Waals surface area contributed by atoms with Crippen molar-refractivity contribution in [2.75, 3.05) is 7.11 Å². The second-order valence-electron chi connectivity index (χ2n) is 4.96. The van der Waals surface area contributed by atoms with Gasteiger partial charge in [0, 0.05) is 0 Å². The smallest absolute Gasteiger partial charge is 0.338 e. The zero-order valence-electron chi connectivity index (χ0n) is 11.8. The van der Waals surface area contributed by atoms with E-state index in [0.717, 1.165) is 17.7 Å². The van der Waals surface area contributed by atoms with E-state index in [1.165, 1.54) is 0 Å². The van der Waals surface area contributed by atoms with E-state index in [9.17, 15) is 4.79 Å². The molecule has 1 fully saturated rings. The van der Waals surface area contributed by atoms with Gasteiger partial charge in [-0.3, -0.25) is 0 Å². The van der Waals surface area contributed by atoms with Crippen molar-refractivity contribution in [3.63, 3.8) is 0 Å². The van der Waals surface area contributed by atoms with Gasteiger partial charge in [0.2, 0.25) is 0 Å². The Morgan fingerprint density at radius 2 is 2.00 bits per heavy atom. The van der Waals surface area contributed by atoms with Crippen LogP contribution in [0.2, 0.25) is 0 Å². The third-order valence-corrected chi connectivity index (χ3v) is 3.36. The van der Waals surface area contributed by atoms with Crippen LogP contribution in [0, 0.1) is 0 Å². The average molecular weight is 264 g/mol. The largest absolute Gasteiger partial charge is 0.497 e. The molecule has 0 aromatic heterocycles. The Bertz CT molecular complexity index is 452. The molecule has 0 spiro atoms. The highest BCUT2D eigenvalue weighted by molar-refractivity contribution is 5.80. The van der Waals surface area contributed by atoms with Crippen LogP contribution in [-0.4, -0.2) is 25.3 Å². The van der Waals surface area contributed by atoms with Gasteiger partial charge in [-0.05, 0) is 38.0 Å². The number of carbonyl (C=O) groups excluding carboxylic acids is 1. The van der Waals surface area contributed by atoms with Crippen LogP contribution in [0.4, 0.5) is 0 Å². The summed E-state index contributed by atoms with van der Waals surface area (Å²) < 4.78 is 16.0. The lowest BCUT2D eigenvalue weighted by Gasteiger charge is -2.12. The molecular weight excluding hydrogens is 244 g/mol. The van der Waals surface area contributed by atoms with E-state index in [-0.39, 0.29) is 12.1 Å². The minimum atomic E-state index is -0.530. The molecule has 104 valence electrons. The van der Waals surface area contributed by atoms with Crippen molar-refractivity contribution in [1.82, 2.24) is 0 Å². The van der Waals surface area contributed by atoms with Gasteiger partial charge in [0.05, 0.1) is 13.2 Å². The minimum absolute atomic E-state index is 0.123. The van der Waals surface area contributed by atoms with Crippen molar-refractivity contribution in [2.24, 2.45) is 0 Å². The molecule has 0 aliphatic carbocycles. The number of rotatable bonds is 5. The van der Waals surface area contributed by atoms with E-state index in [1.807, 2.05) is 45.0 Å². The van der Waals surface area contributed by atoms with Crippen LogP contribution < -0.4 is 4.74 Å². The zero-order valence-corrected chi connectivity index (χ0v) is 11.8. The first kappa shape index (κ1) is 13.9. The summed E-state index contributed by atoms with van der Waals surface area (Å²) >= 11 is 0. The predicted octanol–water partition coefficient (Wildman–Crippen LogP) is 2.65. The van der Waals surface area contributed by atoms with Crippen molar-refractivity contribution < 1.29 is 19.0 Å². The molecule has 1 aromatic rings. The van der Waals surface area contributed by atoms with Gasteiger partial charge in [-0.15, -0.1) is 0 Å². The number of esters is 1. The quantitative estimate of drug-likeness (QED) is 0.606. The number of hydrogen-bond donors (Lipinski definition) is 0. The summed E-state index contributed by atoms with van der Waals surface area (Å²) in [5, 5.41) is 0. The normalized spacial score (nSPS) is 25.2. The third kappa shape index (κ3) is 2.59. The molecule has 1 heterocycles. The lowest BCUT2D eigenvalue weighted by Crippen LogP contribution is -2.23. The fourth-order valence-corrected chi connectivity index (χ4v) is 2.27. The van der Waals surface area contributed by atoms with Crippen LogP contribution in [0.5, 0.6) is 5.75 Å². The van der Waals surface area contributed by atoms with Crippen molar-refractivity contribution in [1.29, 1.82) is 0 Å². The highest BCUT2D eigenvalue weighted by Gasteiger charge is 2.61. The van der Waals surface area contributed by atoms with Crippen LogP contribution in [0.15, 0.2) is 24.3 Å². The fourth-order valence-electron chi connectivity index (χ4n) is 2.27. The maximum Gasteiger partial charge on any atom is 0.338 e. The minimum Gasteiger partial charge on any atom is -0.497 e. The SMILES string of the molecule is CCC1(c2ccc(OC)cc2)OC1C(=O)OC(C)C. The third-order valence-electron chi connectivity index (χ3n) is 3.36. The molecule has 1 saturated heterocycles. The summed E-state index contributed by atoms with van der Waals surface area (Å²) in [4.78, 5) is 11.9. The fraction of sp³-hybridized carbons (Fsp3) is 0.533. The standard InChI is InChI=1S/C15H20O4/c1-5-15(11-6-8-12(17-4)9-7-11)13(19-15)14(16)18-10(2)3/h6-10,13H,5H2,1-4H3. The maximum atomic E-state index is 11.9. The van der Waals surface area contributed by atoms with Crippen LogP contribution in [0.1, 0.15) is 32.8 Å². The molecule has 2 rings (SSSR count). The Labute approximate surface area is 113 Å². The molecule has 4 heteroatoms. The van der Waals surface area contributed by atoms with E-state index in [1.54, 1.807) is 7.11 Å². The Hall–Kier alpha value is -1.55. The lowest BCUT2D eigenvalue weighted by atomic mass is 9.92. The Kier molecular flexibility index (Phi) is 3.80. The van der Waals surface area contributed by atoms with Gasteiger partial charge in [0.1, 0.15) is 11.4 Å². The van der Waals surface area contributed by atoms with Gasteiger partial charge in [-0.1, -0.05) is 19.1 Å². The summed E-state index contributed by atoms with van der Waals surface area (Å²) in [6.45, 7) is 5.68. The molecule has 1 aromatic carbocycles. The summed E-state index contributed by atoms with van der Waals surface area (Å²) in [5.41, 5.74) is 0.458. The van der Waals surface area contributed by atoms with Gasteiger partial charge in [-0.25, -0.2) is 4.79 Å². The molecule has 0 bridgehead atoms. The van der Waals surface area contributed by atoms with Gasteiger partial charge >= 0.3 is 5.97 Å². The van der Waals surface area contributed by atoms with Crippen molar-refractivity contribution in [3.8, 4) is 5.75 Å². The Morgan fingerprint density at radius 1 is 1.37 bits per heavy atom. The van der Waals surface area contributed by atoms with Crippen molar-refractivity contribution in [3.05, 3.63) is 29.8 Å². The molecule has 2 unspecified atom stereocenters. The van der Waals surface area contributed by atoms with Crippen LogP contribution in [0.25, 0.3) is 0 Å². The lowest BCUT2D eigenvalue weighted by molar-refractivity contribution is -0.148. The molecule has 0 radical (unpaired) electrons. The van der Waals surface area contributed by atoms with Crippen molar-refractivity contribution in [2.45, 2.75) is 45.0 Å². The summed E-state index contributed by atoms with van der Waals surface area (Å²) in [6, 6.07) is 7.62. The number of benzene rings is 1. The van der Waals surface area contributed by atoms with Crippen LogP contribution >= 0.6 is 0 Å². The van der Waals surface area contributed by atoms with E-state index in [0.29, 0.717) is 0 Å². The van der Waals surface area contributed by atoms with Crippen LogP contribution in [0.3, 0.4) is 0 Å². The second kappa shape index (κ2) is 5.21. The first-order chi connectivity index (χ1) is 9.03. The van der Waals surface area contributed by atoms with Crippen LogP contribution in [-0.2, 0) is 19.9 Å². The monoisotopic (exact) mass is 264 g/mol. The number of epoxide rings is 1. The number of hydrogen-bond acceptors (Lipinski definition) is 4. The summed E-state index contributed by atoms with van der Waals surface area (Å²) in [6.07, 6.45) is 0.118. The predicted molar refractivity (Wildman–Crippen MR) is 71.1 cm³/mol. The first-order valence-electron chi connectivity index (χ1n) is 6.56. The van der Waals surface area contributed by atoms with Gasteiger partial charge in [0.25, 0.3) is 0 Å². The maximum absolute atomic E-state index is 11.9. The molecule has 4 nitrogen and oxygen atoms in total.